The first-order valence-electron chi connectivity index (χ1n) is 9.54. The fourth-order valence-corrected chi connectivity index (χ4v) is 3.16. The number of nitrogens with zero attached hydrogens (tertiary/aromatic N) is 2. The minimum Gasteiger partial charge on any atom is -0.449 e. The van der Waals surface area contributed by atoms with Gasteiger partial charge >= 0.3 is 6.09 Å². The molecule has 0 aromatic heterocycles. The van der Waals surface area contributed by atoms with Gasteiger partial charge in [0.1, 0.15) is 0 Å². The van der Waals surface area contributed by atoms with Crippen molar-refractivity contribution in [3.63, 3.8) is 0 Å². The van der Waals surface area contributed by atoms with E-state index in [1.807, 2.05) is 36.9 Å². The molecule has 2 rings (SSSR count). The molecule has 0 bridgehead atoms. The van der Waals surface area contributed by atoms with E-state index in [-0.39, 0.29) is 17.4 Å². The summed E-state index contributed by atoms with van der Waals surface area (Å²) in [4.78, 5) is 28.6. The van der Waals surface area contributed by atoms with E-state index >= 15 is 0 Å². The highest BCUT2D eigenvalue weighted by molar-refractivity contribution is 5.78. The van der Waals surface area contributed by atoms with Gasteiger partial charge in [-0.3, -0.25) is 4.79 Å². The molecule has 0 atom stereocenters. The van der Waals surface area contributed by atoms with E-state index in [0.717, 1.165) is 6.42 Å². The number of hydrogen-bond acceptors (Lipinski definition) is 3. The number of benzene rings is 1. The van der Waals surface area contributed by atoms with Gasteiger partial charge < -0.3 is 14.5 Å². The predicted octanol–water partition coefficient (Wildman–Crippen LogP) is 3.68. The Hall–Kier alpha value is -2.04. The number of ether oxygens (including phenoxy) is 1. The molecule has 1 fully saturated rings. The summed E-state index contributed by atoms with van der Waals surface area (Å²) in [6, 6.07) is 10.1. The molecule has 26 heavy (non-hydrogen) atoms. The molecule has 1 heterocycles. The second-order valence-electron chi connectivity index (χ2n) is 8.12. The van der Waals surface area contributed by atoms with Gasteiger partial charge in [0.05, 0.1) is 6.61 Å². The van der Waals surface area contributed by atoms with Crippen LogP contribution in [-0.2, 0) is 14.9 Å². The van der Waals surface area contributed by atoms with Crippen LogP contribution in [0.1, 0.15) is 46.1 Å². The summed E-state index contributed by atoms with van der Waals surface area (Å²) in [6.07, 6.45) is 0.987. The van der Waals surface area contributed by atoms with E-state index in [2.05, 4.69) is 26.0 Å². The van der Waals surface area contributed by atoms with Gasteiger partial charge in [-0.15, -0.1) is 0 Å². The van der Waals surface area contributed by atoms with Crippen molar-refractivity contribution in [3.8, 4) is 0 Å². The molecular weight excluding hydrogens is 328 g/mol. The Kier molecular flexibility index (Phi) is 7.06. The average molecular weight is 360 g/mol. The lowest BCUT2D eigenvalue weighted by atomic mass is 9.81. The molecule has 1 aliphatic heterocycles. The van der Waals surface area contributed by atoms with Crippen LogP contribution in [-0.4, -0.2) is 54.6 Å². The molecule has 5 nitrogen and oxygen atoms in total. The van der Waals surface area contributed by atoms with Crippen LogP contribution in [0, 0.1) is 5.92 Å². The molecule has 2 amide bonds. The number of rotatable bonds is 5. The van der Waals surface area contributed by atoms with Crippen LogP contribution in [0.4, 0.5) is 4.79 Å². The molecule has 0 N–H and O–H groups in total. The summed E-state index contributed by atoms with van der Waals surface area (Å²) in [7, 11) is 0. The highest BCUT2D eigenvalue weighted by atomic mass is 16.6. The lowest BCUT2D eigenvalue weighted by Gasteiger charge is -2.29. The molecule has 0 unspecified atom stereocenters. The Labute approximate surface area is 157 Å². The van der Waals surface area contributed by atoms with Gasteiger partial charge in [0.25, 0.3) is 0 Å². The van der Waals surface area contributed by atoms with Crippen molar-refractivity contribution in [3.05, 3.63) is 35.9 Å². The van der Waals surface area contributed by atoms with Gasteiger partial charge in [0, 0.05) is 32.6 Å². The van der Waals surface area contributed by atoms with Crippen LogP contribution in [0.5, 0.6) is 0 Å². The van der Waals surface area contributed by atoms with Crippen molar-refractivity contribution in [2.45, 2.75) is 46.0 Å². The standard InChI is InChI=1S/C21H32N2O3/c1-17(2)16-26-20(25)23-12-8-11-22(13-14-23)19(24)15-21(3,4)18-9-6-5-7-10-18/h5-7,9-10,17H,8,11-16H2,1-4H3. The van der Waals surface area contributed by atoms with E-state index in [9.17, 15) is 9.59 Å². The molecule has 0 saturated carbocycles. The number of hydrogen-bond donors (Lipinski definition) is 0. The molecule has 1 aliphatic rings. The predicted molar refractivity (Wildman–Crippen MR) is 103 cm³/mol. The van der Waals surface area contributed by atoms with E-state index in [4.69, 9.17) is 4.74 Å². The smallest absolute Gasteiger partial charge is 0.409 e. The van der Waals surface area contributed by atoms with Gasteiger partial charge in [-0.05, 0) is 23.3 Å². The van der Waals surface area contributed by atoms with Crippen molar-refractivity contribution < 1.29 is 14.3 Å². The van der Waals surface area contributed by atoms with Gasteiger partial charge in [-0.1, -0.05) is 58.0 Å². The molecular formula is C21H32N2O3. The Morgan fingerprint density at radius 1 is 1.04 bits per heavy atom. The molecule has 1 saturated heterocycles. The third-order valence-corrected chi connectivity index (χ3v) is 4.80. The summed E-state index contributed by atoms with van der Waals surface area (Å²) in [5, 5.41) is 0. The number of carbonyl (C=O) groups excluding carboxylic acids is 2. The summed E-state index contributed by atoms with van der Waals surface area (Å²) < 4.78 is 5.32. The summed E-state index contributed by atoms with van der Waals surface area (Å²) in [5.74, 6) is 0.473. The molecule has 1 aromatic carbocycles. The molecule has 0 radical (unpaired) electrons. The fourth-order valence-electron chi connectivity index (χ4n) is 3.16. The normalized spacial score (nSPS) is 15.7. The van der Waals surface area contributed by atoms with Gasteiger partial charge in [-0.25, -0.2) is 4.79 Å². The Morgan fingerprint density at radius 3 is 2.31 bits per heavy atom. The Morgan fingerprint density at radius 2 is 1.65 bits per heavy atom. The van der Waals surface area contributed by atoms with Crippen molar-refractivity contribution in [2.24, 2.45) is 5.92 Å². The van der Waals surface area contributed by atoms with Crippen molar-refractivity contribution >= 4 is 12.0 Å². The maximum atomic E-state index is 12.8. The molecule has 0 spiro atoms. The quantitative estimate of drug-likeness (QED) is 0.805. The summed E-state index contributed by atoms with van der Waals surface area (Å²) in [6.45, 7) is 11.1. The van der Waals surface area contributed by atoms with E-state index in [1.54, 1.807) is 4.90 Å². The first kappa shape index (κ1) is 20.3. The lowest BCUT2D eigenvalue weighted by molar-refractivity contribution is -0.132. The fraction of sp³-hybridized carbons (Fsp3) is 0.619. The van der Waals surface area contributed by atoms with Crippen LogP contribution in [0.2, 0.25) is 0 Å². The van der Waals surface area contributed by atoms with Gasteiger partial charge in [-0.2, -0.15) is 0 Å². The molecule has 5 heteroatoms. The zero-order valence-corrected chi connectivity index (χ0v) is 16.5. The van der Waals surface area contributed by atoms with Crippen LogP contribution < -0.4 is 0 Å². The first-order chi connectivity index (χ1) is 12.3. The minimum absolute atomic E-state index is 0.149. The zero-order chi connectivity index (χ0) is 19.2. The number of amides is 2. The van der Waals surface area contributed by atoms with Crippen molar-refractivity contribution in [1.82, 2.24) is 9.80 Å². The topological polar surface area (TPSA) is 49.9 Å². The summed E-state index contributed by atoms with van der Waals surface area (Å²) in [5.41, 5.74) is 0.961. The average Bonchev–Trinajstić information content (AvgIpc) is 2.86. The minimum atomic E-state index is -0.266. The zero-order valence-electron chi connectivity index (χ0n) is 16.5. The highest BCUT2D eigenvalue weighted by Gasteiger charge is 2.29. The van der Waals surface area contributed by atoms with E-state index in [1.165, 1.54) is 5.56 Å². The van der Waals surface area contributed by atoms with Gasteiger partial charge in [0.15, 0.2) is 0 Å². The van der Waals surface area contributed by atoms with E-state index in [0.29, 0.717) is 45.1 Å². The second-order valence-corrected chi connectivity index (χ2v) is 8.12. The van der Waals surface area contributed by atoms with Crippen molar-refractivity contribution in [2.75, 3.05) is 32.8 Å². The SMILES string of the molecule is CC(C)COC(=O)N1CCCN(C(=O)CC(C)(C)c2ccccc2)CC1. The second kappa shape index (κ2) is 9.06. The summed E-state index contributed by atoms with van der Waals surface area (Å²) >= 11 is 0. The largest absolute Gasteiger partial charge is 0.449 e. The van der Waals surface area contributed by atoms with Crippen LogP contribution in [0.3, 0.4) is 0 Å². The first-order valence-corrected chi connectivity index (χ1v) is 9.54. The van der Waals surface area contributed by atoms with E-state index < -0.39 is 0 Å². The lowest BCUT2D eigenvalue weighted by Crippen LogP contribution is -2.39. The Bertz CT molecular complexity index is 599. The molecule has 0 aliphatic carbocycles. The maximum Gasteiger partial charge on any atom is 0.409 e. The van der Waals surface area contributed by atoms with Crippen LogP contribution in [0.25, 0.3) is 0 Å². The monoisotopic (exact) mass is 360 g/mol. The maximum absolute atomic E-state index is 12.8. The highest BCUT2D eigenvalue weighted by Crippen LogP contribution is 2.27. The molecule has 144 valence electrons. The third-order valence-electron chi connectivity index (χ3n) is 4.80. The number of carbonyl (C=O) groups is 2. The van der Waals surface area contributed by atoms with Crippen LogP contribution in [0.15, 0.2) is 30.3 Å². The van der Waals surface area contributed by atoms with Crippen molar-refractivity contribution in [1.29, 1.82) is 0 Å². The Balaban J connectivity index is 1.90. The van der Waals surface area contributed by atoms with Gasteiger partial charge in [0.2, 0.25) is 5.91 Å². The third kappa shape index (κ3) is 5.75. The van der Waals surface area contributed by atoms with Crippen LogP contribution >= 0.6 is 0 Å². The molecule has 1 aromatic rings.